The van der Waals surface area contributed by atoms with Crippen molar-refractivity contribution in [1.29, 1.82) is 0 Å². The van der Waals surface area contributed by atoms with E-state index in [2.05, 4.69) is 0 Å². The van der Waals surface area contributed by atoms with Crippen LogP contribution in [0.2, 0.25) is 0 Å². The highest BCUT2D eigenvalue weighted by Gasteiger charge is 2.16. The highest BCUT2D eigenvalue weighted by atomic mass is 16.4. The number of hydrogen-bond donors (Lipinski definition) is 3. The number of aliphatic hydroxyl groups is 3. The van der Waals surface area contributed by atoms with Gasteiger partial charge in [-0.2, -0.15) is 0 Å². The summed E-state index contributed by atoms with van der Waals surface area (Å²) in [6.07, 6.45) is 0. The van der Waals surface area contributed by atoms with Crippen LogP contribution in [0.4, 0.5) is 0 Å². The van der Waals surface area contributed by atoms with Gasteiger partial charge in [0, 0.05) is 16.2 Å². The molecule has 0 saturated heterocycles. The van der Waals surface area contributed by atoms with Crippen molar-refractivity contribution in [3.05, 3.63) is 69.6 Å². The van der Waals surface area contributed by atoms with E-state index in [1.165, 1.54) is 0 Å². The van der Waals surface area contributed by atoms with Crippen LogP contribution in [0, 0.1) is 0 Å². The smallest absolute Gasteiger partial charge is 0.344 e. The van der Waals surface area contributed by atoms with Crippen LogP contribution < -0.4 is 5.63 Å². The summed E-state index contributed by atoms with van der Waals surface area (Å²) in [5.41, 5.74) is 1.82. The van der Waals surface area contributed by atoms with Crippen LogP contribution in [0.25, 0.3) is 32.5 Å². The fourth-order valence-corrected chi connectivity index (χ4v) is 3.55. The summed E-state index contributed by atoms with van der Waals surface area (Å²) < 4.78 is 5.59. The quantitative estimate of drug-likeness (QED) is 0.395. The van der Waals surface area contributed by atoms with Crippen molar-refractivity contribution in [3.8, 4) is 0 Å². The van der Waals surface area contributed by atoms with Crippen LogP contribution >= 0.6 is 0 Å². The summed E-state index contributed by atoms with van der Waals surface area (Å²) >= 11 is 0. The molecule has 0 saturated carbocycles. The van der Waals surface area contributed by atoms with Crippen molar-refractivity contribution in [2.45, 2.75) is 19.8 Å². The number of aliphatic hydroxyl groups excluding tert-OH is 3. The Morgan fingerprint density at radius 1 is 0.720 bits per heavy atom. The Morgan fingerprint density at radius 3 is 1.96 bits per heavy atom. The highest BCUT2D eigenvalue weighted by molar-refractivity contribution is 6.16. The third-order valence-corrected chi connectivity index (χ3v) is 4.63. The van der Waals surface area contributed by atoms with Crippen molar-refractivity contribution >= 4 is 32.5 Å². The predicted octanol–water partition coefficient (Wildman–Crippen LogP) is 2.58. The minimum Gasteiger partial charge on any atom is -0.422 e. The first-order valence-electron chi connectivity index (χ1n) is 7.94. The Morgan fingerprint density at radius 2 is 1.32 bits per heavy atom. The lowest BCUT2D eigenvalue weighted by molar-refractivity contribution is 0.279. The van der Waals surface area contributed by atoms with Crippen molar-refractivity contribution in [2.75, 3.05) is 0 Å². The van der Waals surface area contributed by atoms with Gasteiger partial charge in [0.25, 0.3) is 0 Å². The molecule has 0 aliphatic rings. The summed E-state index contributed by atoms with van der Waals surface area (Å²) in [4.78, 5) is 12.5. The molecule has 0 atom stereocenters. The van der Waals surface area contributed by atoms with E-state index in [-0.39, 0.29) is 19.8 Å². The van der Waals surface area contributed by atoms with Crippen molar-refractivity contribution in [3.63, 3.8) is 0 Å². The molecule has 1 aromatic heterocycles. The van der Waals surface area contributed by atoms with E-state index in [1.807, 2.05) is 0 Å². The standard InChI is InChI=1S/C20H16O5/c21-8-11-3-1-5-14-17(11)13(10-23)7-16-18-12(9-22)4-2-6-15(18)20(24)25-19(14)16/h1-7,21-23H,8-10H2. The maximum Gasteiger partial charge on any atom is 0.344 e. The van der Waals surface area contributed by atoms with Gasteiger partial charge in [-0.3, -0.25) is 0 Å². The monoisotopic (exact) mass is 336 g/mol. The maximum atomic E-state index is 12.5. The van der Waals surface area contributed by atoms with Gasteiger partial charge >= 0.3 is 5.63 Å². The Kier molecular flexibility index (Phi) is 3.77. The first kappa shape index (κ1) is 15.8. The average molecular weight is 336 g/mol. The molecule has 0 unspecified atom stereocenters. The molecule has 0 aliphatic heterocycles. The van der Waals surface area contributed by atoms with Gasteiger partial charge in [0.15, 0.2) is 0 Å². The SMILES string of the molecule is O=c1oc2c3cccc(CO)c3c(CO)cc2c2c(CO)cccc12. The van der Waals surface area contributed by atoms with Crippen molar-refractivity contribution in [2.24, 2.45) is 0 Å². The second-order valence-corrected chi connectivity index (χ2v) is 5.96. The van der Waals surface area contributed by atoms with E-state index in [0.717, 1.165) is 0 Å². The highest BCUT2D eigenvalue weighted by Crippen LogP contribution is 2.35. The van der Waals surface area contributed by atoms with Gasteiger partial charge in [-0.15, -0.1) is 0 Å². The lowest BCUT2D eigenvalue weighted by Crippen LogP contribution is -2.03. The van der Waals surface area contributed by atoms with Gasteiger partial charge in [-0.1, -0.05) is 30.3 Å². The van der Waals surface area contributed by atoms with E-state index in [0.29, 0.717) is 49.2 Å². The van der Waals surface area contributed by atoms with Gasteiger partial charge in [0.2, 0.25) is 0 Å². The summed E-state index contributed by atoms with van der Waals surface area (Å²) in [6.45, 7) is -0.611. The lowest BCUT2D eigenvalue weighted by Gasteiger charge is -2.13. The number of benzene rings is 3. The summed E-state index contributed by atoms with van der Waals surface area (Å²) in [5, 5.41) is 32.2. The molecule has 126 valence electrons. The zero-order chi connectivity index (χ0) is 17.6. The molecular formula is C20H16O5. The Labute approximate surface area is 142 Å². The maximum absolute atomic E-state index is 12.5. The topological polar surface area (TPSA) is 90.9 Å². The average Bonchev–Trinajstić information content (AvgIpc) is 2.66. The lowest BCUT2D eigenvalue weighted by atomic mass is 9.94. The summed E-state index contributed by atoms with van der Waals surface area (Å²) in [5.74, 6) is 0. The van der Waals surface area contributed by atoms with Gasteiger partial charge in [-0.05, 0) is 34.2 Å². The van der Waals surface area contributed by atoms with Crippen LogP contribution in [-0.4, -0.2) is 15.3 Å². The predicted molar refractivity (Wildman–Crippen MR) is 95.3 cm³/mol. The minimum absolute atomic E-state index is 0.185. The number of fused-ring (bicyclic) bond motifs is 5. The van der Waals surface area contributed by atoms with E-state index in [4.69, 9.17) is 4.42 Å². The molecule has 5 nitrogen and oxygen atoms in total. The minimum atomic E-state index is -0.481. The third kappa shape index (κ3) is 2.25. The molecule has 0 bridgehead atoms. The van der Waals surface area contributed by atoms with Crippen LogP contribution in [0.3, 0.4) is 0 Å². The second-order valence-electron chi connectivity index (χ2n) is 5.96. The van der Waals surface area contributed by atoms with E-state index >= 15 is 0 Å². The molecule has 25 heavy (non-hydrogen) atoms. The fraction of sp³-hybridized carbons (Fsp3) is 0.150. The second kappa shape index (κ2) is 5.97. The molecule has 0 amide bonds. The zero-order valence-electron chi connectivity index (χ0n) is 13.3. The Bertz CT molecular complexity index is 1170. The van der Waals surface area contributed by atoms with Gasteiger partial charge in [-0.25, -0.2) is 4.79 Å². The number of rotatable bonds is 3. The van der Waals surface area contributed by atoms with Crippen LogP contribution in [0.15, 0.2) is 51.7 Å². The normalized spacial score (nSPS) is 11.6. The van der Waals surface area contributed by atoms with Gasteiger partial charge in [0.1, 0.15) is 5.58 Å². The molecule has 0 radical (unpaired) electrons. The van der Waals surface area contributed by atoms with Gasteiger partial charge in [0.05, 0.1) is 25.2 Å². The molecule has 0 spiro atoms. The first-order chi connectivity index (χ1) is 12.2. The Hall–Kier alpha value is -2.73. The third-order valence-electron chi connectivity index (χ3n) is 4.63. The molecular weight excluding hydrogens is 320 g/mol. The molecule has 0 aliphatic carbocycles. The molecule has 5 heteroatoms. The molecule has 1 heterocycles. The summed E-state index contributed by atoms with van der Waals surface area (Å²) in [7, 11) is 0. The molecule has 4 aromatic rings. The Balaban J connectivity index is 2.34. The van der Waals surface area contributed by atoms with Crippen molar-refractivity contribution in [1.82, 2.24) is 0 Å². The molecule has 3 aromatic carbocycles. The fourth-order valence-electron chi connectivity index (χ4n) is 3.55. The van der Waals surface area contributed by atoms with Crippen molar-refractivity contribution < 1.29 is 19.7 Å². The van der Waals surface area contributed by atoms with Crippen LogP contribution in [-0.2, 0) is 19.8 Å². The van der Waals surface area contributed by atoms with E-state index in [9.17, 15) is 20.1 Å². The van der Waals surface area contributed by atoms with Gasteiger partial charge < -0.3 is 19.7 Å². The molecule has 4 rings (SSSR count). The summed E-state index contributed by atoms with van der Waals surface area (Å²) in [6, 6.07) is 12.2. The molecule has 0 fully saturated rings. The largest absolute Gasteiger partial charge is 0.422 e. The first-order valence-corrected chi connectivity index (χ1v) is 7.94. The van der Waals surface area contributed by atoms with E-state index in [1.54, 1.807) is 42.5 Å². The van der Waals surface area contributed by atoms with Crippen LogP contribution in [0.1, 0.15) is 16.7 Å². The van der Waals surface area contributed by atoms with E-state index < -0.39 is 5.63 Å². The van der Waals surface area contributed by atoms with Crippen LogP contribution in [0.5, 0.6) is 0 Å². The number of hydrogen-bond acceptors (Lipinski definition) is 5. The zero-order valence-corrected chi connectivity index (χ0v) is 13.3. The molecule has 3 N–H and O–H groups in total.